The van der Waals surface area contributed by atoms with Gasteiger partial charge >= 0.3 is 0 Å². The Hall–Kier alpha value is -1.40. The van der Waals surface area contributed by atoms with Crippen molar-refractivity contribution in [2.45, 2.75) is 20.3 Å². The molecule has 0 saturated heterocycles. The molecule has 0 fully saturated rings. The van der Waals surface area contributed by atoms with Crippen LogP contribution >= 0.6 is 0 Å². The van der Waals surface area contributed by atoms with Crippen molar-refractivity contribution in [3.05, 3.63) is 12.2 Å². The summed E-state index contributed by atoms with van der Waals surface area (Å²) in [6, 6.07) is 0. The third-order valence-corrected chi connectivity index (χ3v) is 4.69. The molecular formula is C23H41NO9. The topological polar surface area (TPSA) is 102 Å². The van der Waals surface area contributed by atoms with Gasteiger partial charge in [-0.1, -0.05) is 20.3 Å². The molecule has 10 heteroatoms. The summed E-state index contributed by atoms with van der Waals surface area (Å²) in [5, 5.41) is 0. The van der Waals surface area contributed by atoms with Crippen molar-refractivity contribution in [1.82, 2.24) is 4.90 Å². The van der Waals surface area contributed by atoms with Gasteiger partial charge in [-0.2, -0.15) is 0 Å². The van der Waals surface area contributed by atoms with Crippen molar-refractivity contribution >= 4 is 11.8 Å². The quantitative estimate of drug-likeness (QED) is 0.150. The molecule has 1 unspecified atom stereocenters. The van der Waals surface area contributed by atoms with Crippen molar-refractivity contribution in [1.29, 1.82) is 0 Å². The summed E-state index contributed by atoms with van der Waals surface area (Å²) >= 11 is 0. The van der Waals surface area contributed by atoms with Gasteiger partial charge in [-0.15, -0.1) is 0 Å². The monoisotopic (exact) mass is 475 g/mol. The van der Waals surface area contributed by atoms with Gasteiger partial charge in [0.2, 0.25) is 0 Å². The fourth-order valence-corrected chi connectivity index (χ4v) is 2.53. The van der Waals surface area contributed by atoms with E-state index in [-0.39, 0.29) is 18.4 Å². The Bertz CT molecular complexity index is 512. The molecule has 0 radical (unpaired) electrons. The lowest BCUT2D eigenvalue weighted by Crippen LogP contribution is -2.33. The molecule has 1 aliphatic heterocycles. The summed E-state index contributed by atoms with van der Waals surface area (Å²) in [6.45, 7) is 11.7. The second kappa shape index (κ2) is 21.2. The molecule has 10 nitrogen and oxygen atoms in total. The minimum Gasteiger partial charge on any atom is -0.379 e. The highest BCUT2D eigenvalue weighted by Gasteiger charge is 2.22. The molecule has 1 aliphatic rings. The normalized spacial score (nSPS) is 14.5. The van der Waals surface area contributed by atoms with Crippen LogP contribution in [0.2, 0.25) is 0 Å². The first kappa shape index (κ1) is 29.6. The van der Waals surface area contributed by atoms with Gasteiger partial charge in [0.05, 0.1) is 92.4 Å². The summed E-state index contributed by atoms with van der Waals surface area (Å²) in [4.78, 5) is 23.8. The SMILES string of the molecule is CCC(C)COCCOCCOCCOCCOCCOCCOCCN1C(=O)C=CC1=O. The van der Waals surface area contributed by atoms with Crippen LogP contribution < -0.4 is 0 Å². The van der Waals surface area contributed by atoms with Gasteiger partial charge in [0.15, 0.2) is 0 Å². The molecule has 0 bridgehead atoms. The average Bonchev–Trinajstić information content (AvgIpc) is 3.14. The molecule has 1 rings (SSSR count). The maximum absolute atomic E-state index is 11.3. The fourth-order valence-electron chi connectivity index (χ4n) is 2.53. The zero-order valence-electron chi connectivity index (χ0n) is 20.2. The van der Waals surface area contributed by atoms with Crippen LogP contribution in [0.3, 0.4) is 0 Å². The largest absolute Gasteiger partial charge is 0.379 e. The maximum Gasteiger partial charge on any atom is 0.253 e. The Balaban J connectivity index is 1.68. The number of amides is 2. The first-order valence-electron chi connectivity index (χ1n) is 11.7. The first-order chi connectivity index (χ1) is 16.1. The molecular weight excluding hydrogens is 434 g/mol. The summed E-state index contributed by atoms with van der Waals surface area (Å²) in [5.41, 5.74) is 0. The molecule has 0 aliphatic carbocycles. The third kappa shape index (κ3) is 16.8. The lowest BCUT2D eigenvalue weighted by molar-refractivity contribution is -0.137. The van der Waals surface area contributed by atoms with Gasteiger partial charge in [0, 0.05) is 18.8 Å². The number of ether oxygens (including phenoxy) is 7. The molecule has 0 saturated carbocycles. The van der Waals surface area contributed by atoms with Crippen LogP contribution in [0.25, 0.3) is 0 Å². The highest BCUT2D eigenvalue weighted by Crippen LogP contribution is 2.02. The van der Waals surface area contributed by atoms with E-state index in [4.69, 9.17) is 33.2 Å². The minimum absolute atomic E-state index is 0.251. The molecule has 0 aromatic carbocycles. The predicted molar refractivity (Wildman–Crippen MR) is 121 cm³/mol. The van der Waals surface area contributed by atoms with E-state index in [1.165, 1.54) is 12.2 Å². The molecule has 0 aromatic rings. The van der Waals surface area contributed by atoms with Gasteiger partial charge in [-0.05, 0) is 5.92 Å². The molecule has 0 N–H and O–H groups in total. The molecule has 1 atom stereocenters. The predicted octanol–water partition coefficient (Wildman–Crippen LogP) is 1.07. The Kier molecular flexibility index (Phi) is 19.0. The zero-order chi connectivity index (χ0) is 24.0. The lowest BCUT2D eigenvalue weighted by Gasteiger charge is -2.13. The van der Waals surface area contributed by atoms with Crippen molar-refractivity contribution in [2.75, 3.05) is 99.0 Å². The lowest BCUT2D eigenvalue weighted by atomic mass is 10.1. The molecule has 192 valence electrons. The van der Waals surface area contributed by atoms with Crippen molar-refractivity contribution in [3.8, 4) is 0 Å². The van der Waals surface area contributed by atoms with Crippen molar-refractivity contribution in [3.63, 3.8) is 0 Å². The van der Waals surface area contributed by atoms with E-state index in [0.29, 0.717) is 91.8 Å². The number of carbonyl (C=O) groups is 2. The molecule has 0 spiro atoms. The number of carbonyl (C=O) groups excluding carboxylic acids is 2. The summed E-state index contributed by atoms with van der Waals surface area (Å²) in [7, 11) is 0. The Morgan fingerprint density at radius 2 is 0.939 bits per heavy atom. The van der Waals surface area contributed by atoms with E-state index >= 15 is 0 Å². The number of hydrogen-bond acceptors (Lipinski definition) is 9. The van der Waals surface area contributed by atoms with E-state index in [0.717, 1.165) is 17.9 Å². The molecule has 2 amide bonds. The number of nitrogens with zero attached hydrogens (tertiary/aromatic N) is 1. The van der Waals surface area contributed by atoms with Crippen LogP contribution in [-0.4, -0.2) is 116 Å². The fraction of sp³-hybridized carbons (Fsp3) is 0.826. The van der Waals surface area contributed by atoms with Crippen LogP contribution in [-0.2, 0) is 42.7 Å². The Morgan fingerprint density at radius 3 is 1.30 bits per heavy atom. The molecule has 1 heterocycles. The van der Waals surface area contributed by atoms with E-state index in [9.17, 15) is 9.59 Å². The van der Waals surface area contributed by atoms with Crippen LogP contribution in [0.1, 0.15) is 20.3 Å². The van der Waals surface area contributed by atoms with Crippen molar-refractivity contribution < 1.29 is 42.7 Å². The van der Waals surface area contributed by atoms with Crippen LogP contribution in [0.5, 0.6) is 0 Å². The number of imide groups is 1. The van der Waals surface area contributed by atoms with Gasteiger partial charge in [-0.3, -0.25) is 14.5 Å². The van der Waals surface area contributed by atoms with E-state index in [1.54, 1.807) is 0 Å². The second-order valence-electron chi connectivity index (χ2n) is 7.42. The Labute approximate surface area is 197 Å². The number of rotatable bonds is 24. The van der Waals surface area contributed by atoms with E-state index in [1.807, 2.05) is 0 Å². The van der Waals surface area contributed by atoms with Gasteiger partial charge < -0.3 is 33.2 Å². The molecule has 0 aromatic heterocycles. The van der Waals surface area contributed by atoms with E-state index in [2.05, 4.69) is 13.8 Å². The van der Waals surface area contributed by atoms with Crippen LogP contribution in [0, 0.1) is 5.92 Å². The number of hydrogen-bond donors (Lipinski definition) is 0. The zero-order valence-corrected chi connectivity index (χ0v) is 20.2. The third-order valence-electron chi connectivity index (χ3n) is 4.69. The van der Waals surface area contributed by atoms with Gasteiger partial charge in [-0.25, -0.2) is 0 Å². The van der Waals surface area contributed by atoms with Crippen molar-refractivity contribution in [2.24, 2.45) is 5.92 Å². The maximum atomic E-state index is 11.3. The second-order valence-corrected chi connectivity index (χ2v) is 7.42. The summed E-state index contributed by atoms with van der Waals surface area (Å²) in [5.74, 6) is -0.00346. The average molecular weight is 476 g/mol. The Morgan fingerprint density at radius 1 is 0.606 bits per heavy atom. The van der Waals surface area contributed by atoms with Gasteiger partial charge in [0.25, 0.3) is 11.8 Å². The standard InChI is InChI=1S/C23H41NO9/c1-3-21(2)20-33-19-18-32-17-16-31-15-14-30-13-12-29-11-10-28-9-8-27-7-6-24-22(25)4-5-23(24)26/h4-5,21H,3,6-20H2,1-2H3. The van der Waals surface area contributed by atoms with Gasteiger partial charge in [0.1, 0.15) is 0 Å². The summed E-state index contributed by atoms with van der Waals surface area (Å²) < 4.78 is 38.0. The first-order valence-corrected chi connectivity index (χ1v) is 11.7. The van der Waals surface area contributed by atoms with Crippen LogP contribution in [0.4, 0.5) is 0 Å². The summed E-state index contributed by atoms with van der Waals surface area (Å²) in [6.07, 6.45) is 3.65. The van der Waals surface area contributed by atoms with E-state index < -0.39 is 0 Å². The van der Waals surface area contributed by atoms with Crippen LogP contribution in [0.15, 0.2) is 12.2 Å². The highest BCUT2D eigenvalue weighted by molar-refractivity contribution is 6.12. The minimum atomic E-state index is -0.299. The molecule has 33 heavy (non-hydrogen) atoms. The highest BCUT2D eigenvalue weighted by atomic mass is 16.6. The smallest absolute Gasteiger partial charge is 0.253 e.